The Balaban J connectivity index is 2.74. The predicted octanol–water partition coefficient (Wildman–Crippen LogP) is 3.02. The van der Waals surface area contributed by atoms with Crippen molar-refractivity contribution in [3.05, 3.63) is 29.8 Å². The van der Waals surface area contributed by atoms with Crippen molar-refractivity contribution in [2.24, 2.45) is 0 Å². The van der Waals surface area contributed by atoms with E-state index in [-0.39, 0.29) is 6.04 Å². The molecule has 1 unspecified atom stereocenters. The molecule has 19 heavy (non-hydrogen) atoms. The molecule has 1 aromatic rings. The maximum atomic E-state index is 12.3. The van der Waals surface area contributed by atoms with Crippen molar-refractivity contribution in [3.63, 3.8) is 0 Å². The van der Waals surface area contributed by atoms with Gasteiger partial charge in [0.25, 0.3) is 6.43 Å². The number of rotatable bonds is 8. The van der Waals surface area contributed by atoms with E-state index >= 15 is 0 Å². The van der Waals surface area contributed by atoms with Crippen molar-refractivity contribution in [1.82, 2.24) is 5.32 Å². The highest BCUT2D eigenvalue weighted by Crippen LogP contribution is 2.22. The number of methoxy groups -OCH3 is 1. The fourth-order valence-corrected chi connectivity index (χ4v) is 1.65. The van der Waals surface area contributed by atoms with Gasteiger partial charge in [0, 0.05) is 12.6 Å². The molecule has 1 rings (SSSR count). The first-order valence-corrected chi connectivity index (χ1v) is 6.30. The van der Waals surface area contributed by atoms with Gasteiger partial charge in [-0.1, -0.05) is 26.0 Å². The first-order chi connectivity index (χ1) is 9.02. The Labute approximate surface area is 112 Å². The van der Waals surface area contributed by atoms with Crippen molar-refractivity contribution < 1.29 is 18.3 Å². The first-order valence-electron chi connectivity index (χ1n) is 6.30. The van der Waals surface area contributed by atoms with Gasteiger partial charge in [-0.05, 0) is 17.7 Å². The number of ether oxygens (including phenoxy) is 2. The van der Waals surface area contributed by atoms with E-state index in [1.165, 1.54) is 0 Å². The molecule has 0 fully saturated rings. The Bertz CT molecular complexity index is 360. The van der Waals surface area contributed by atoms with Gasteiger partial charge >= 0.3 is 0 Å². The summed E-state index contributed by atoms with van der Waals surface area (Å²) in [6.45, 7) is 3.91. The molecule has 0 saturated heterocycles. The second kappa shape index (κ2) is 8.07. The topological polar surface area (TPSA) is 30.5 Å². The lowest BCUT2D eigenvalue weighted by atomic mass is 10.1. The average molecular weight is 273 g/mol. The van der Waals surface area contributed by atoms with Crippen LogP contribution >= 0.6 is 0 Å². The summed E-state index contributed by atoms with van der Waals surface area (Å²) in [5.74, 6) is 0.688. The molecule has 0 aliphatic heterocycles. The number of hydrogen-bond acceptors (Lipinski definition) is 3. The van der Waals surface area contributed by atoms with E-state index in [0.717, 1.165) is 5.56 Å². The number of alkyl halides is 2. The Hall–Kier alpha value is -1.20. The highest BCUT2D eigenvalue weighted by atomic mass is 19.3. The van der Waals surface area contributed by atoms with E-state index in [0.29, 0.717) is 12.3 Å². The molecule has 0 spiro atoms. The van der Waals surface area contributed by atoms with Crippen LogP contribution < -0.4 is 10.1 Å². The lowest BCUT2D eigenvalue weighted by Crippen LogP contribution is -2.30. The third-order valence-electron chi connectivity index (χ3n) is 2.60. The molecule has 0 heterocycles. The highest BCUT2D eigenvalue weighted by Gasteiger charge is 2.15. The van der Waals surface area contributed by atoms with Crippen LogP contribution in [0.1, 0.15) is 25.5 Å². The third kappa shape index (κ3) is 5.98. The Morgan fingerprint density at radius 2 is 2.00 bits per heavy atom. The molecule has 1 aromatic carbocycles. The van der Waals surface area contributed by atoms with E-state index in [1.807, 2.05) is 32.0 Å². The Morgan fingerprint density at radius 3 is 2.58 bits per heavy atom. The third-order valence-corrected chi connectivity index (χ3v) is 2.60. The van der Waals surface area contributed by atoms with Gasteiger partial charge < -0.3 is 14.8 Å². The summed E-state index contributed by atoms with van der Waals surface area (Å²) >= 11 is 0. The van der Waals surface area contributed by atoms with E-state index in [1.54, 1.807) is 13.2 Å². The van der Waals surface area contributed by atoms with Crippen molar-refractivity contribution >= 4 is 0 Å². The summed E-state index contributed by atoms with van der Waals surface area (Å²) in [4.78, 5) is 0. The lowest BCUT2D eigenvalue weighted by molar-refractivity contribution is -0.0252. The number of nitrogens with one attached hydrogen (secondary N) is 1. The van der Waals surface area contributed by atoms with Crippen molar-refractivity contribution in [2.75, 3.05) is 20.3 Å². The first kappa shape index (κ1) is 15.9. The highest BCUT2D eigenvalue weighted by molar-refractivity contribution is 5.30. The van der Waals surface area contributed by atoms with Crippen LogP contribution in [0.15, 0.2) is 24.3 Å². The summed E-state index contributed by atoms with van der Waals surface area (Å²) in [5, 5.41) is 3.19. The summed E-state index contributed by atoms with van der Waals surface area (Å²) in [6.07, 6.45) is -2.88. The monoisotopic (exact) mass is 273 g/mol. The lowest BCUT2D eigenvalue weighted by Gasteiger charge is -2.20. The van der Waals surface area contributed by atoms with Gasteiger partial charge in [-0.2, -0.15) is 0 Å². The van der Waals surface area contributed by atoms with E-state index < -0.39 is 19.1 Å². The van der Waals surface area contributed by atoms with E-state index in [2.05, 4.69) is 5.32 Å². The summed E-state index contributed by atoms with van der Waals surface area (Å²) < 4.78 is 35.0. The van der Waals surface area contributed by atoms with Crippen LogP contribution in [-0.4, -0.2) is 32.7 Å². The predicted molar refractivity (Wildman–Crippen MR) is 70.8 cm³/mol. The fraction of sp³-hybridized carbons (Fsp3) is 0.571. The fourth-order valence-electron chi connectivity index (χ4n) is 1.65. The van der Waals surface area contributed by atoms with Gasteiger partial charge in [-0.3, -0.25) is 0 Å². The second-order valence-electron chi connectivity index (χ2n) is 4.55. The normalized spacial score (nSPS) is 13.0. The van der Waals surface area contributed by atoms with Gasteiger partial charge in [0.2, 0.25) is 0 Å². The largest absolute Gasteiger partial charge is 0.497 e. The van der Waals surface area contributed by atoms with Gasteiger partial charge in [-0.25, -0.2) is 8.78 Å². The zero-order valence-electron chi connectivity index (χ0n) is 11.5. The maximum absolute atomic E-state index is 12.3. The van der Waals surface area contributed by atoms with Crippen LogP contribution in [0.5, 0.6) is 5.75 Å². The molecule has 108 valence electrons. The standard InChI is InChI=1S/C14H21F2NO2/c1-10(2)17-8-13(19-9-14(15)16)11-5-4-6-12(7-11)18-3/h4-7,10,13-14,17H,8-9H2,1-3H3. The van der Waals surface area contributed by atoms with Crippen molar-refractivity contribution in [1.29, 1.82) is 0 Å². The minimum atomic E-state index is -2.47. The Kier molecular flexibility index (Phi) is 6.73. The summed E-state index contributed by atoms with van der Waals surface area (Å²) in [5.41, 5.74) is 0.827. The number of hydrogen-bond donors (Lipinski definition) is 1. The molecule has 3 nitrogen and oxygen atoms in total. The van der Waals surface area contributed by atoms with Gasteiger partial charge in [0.15, 0.2) is 0 Å². The minimum Gasteiger partial charge on any atom is -0.497 e. The molecule has 0 saturated carbocycles. The summed E-state index contributed by atoms with van der Waals surface area (Å²) in [7, 11) is 1.57. The van der Waals surface area contributed by atoms with Gasteiger partial charge in [0.1, 0.15) is 12.4 Å². The molecular formula is C14H21F2NO2. The van der Waals surface area contributed by atoms with Crippen molar-refractivity contribution in [2.45, 2.75) is 32.4 Å². The van der Waals surface area contributed by atoms with E-state index in [9.17, 15) is 8.78 Å². The number of benzene rings is 1. The molecular weight excluding hydrogens is 252 g/mol. The van der Waals surface area contributed by atoms with Crippen LogP contribution in [0.4, 0.5) is 8.78 Å². The molecule has 1 atom stereocenters. The Morgan fingerprint density at radius 1 is 1.26 bits per heavy atom. The van der Waals surface area contributed by atoms with Crippen LogP contribution in [0, 0.1) is 0 Å². The van der Waals surface area contributed by atoms with Gasteiger partial charge in [-0.15, -0.1) is 0 Å². The molecule has 0 aliphatic carbocycles. The van der Waals surface area contributed by atoms with Crippen LogP contribution in [0.2, 0.25) is 0 Å². The molecule has 5 heteroatoms. The van der Waals surface area contributed by atoms with Crippen LogP contribution in [-0.2, 0) is 4.74 Å². The van der Waals surface area contributed by atoms with E-state index in [4.69, 9.17) is 9.47 Å². The molecule has 1 N–H and O–H groups in total. The van der Waals surface area contributed by atoms with Crippen LogP contribution in [0.25, 0.3) is 0 Å². The SMILES string of the molecule is COc1cccc(C(CNC(C)C)OCC(F)F)c1. The quantitative estimate of drug-likeness (QED) is 0.789. The van der Waals surface area contributed by atoms with Crippen molar-refractivity contribution in [3.8, 4) is 5.75 Å². The molecule has 0 aliphatic rings. The average Bonchev–Trinajstić information content (AvgIpc) is 2.38. The minimum absolute atomic E-state index is 0.267. The van der Waals surface area contributed by atoms with Crippen LogP contribution in [0.3, 0.4) is 0 Å². The maximum Gasteiger partial charge on any atom is 0.261 e. The second-order valence-corrected chi connectivity index (χ2v) is 4.55. The molecule has 0 bridgehead atoms. The zero-order chi connectivity index (χ0) is 14.3. The molecule has 0 aromatic heterocycles. The zero-order valence-corrected chi connectivity index (χ0v) is 11.5. The molecule has 0 radical (unpaired) electrons. The molecule has 0 amide bonds. The summed E-state index contributed by atoms with van der Waals surface area (Å²) in [6, 6.07) is 7.55. The van der Waals surface area contributed by atoms with Gasteiger partial charge in [0.05, 0.1) is 13.2 Å². The number of halogens is 2. The smallest absolute Gasteiger partial charge is 0.261 e.